The molecule has 0 saturated carbocycles. The molecule has 0 rings (SSSR count). The molecule has 1 amide bonds. The maximum Gasteiger partial charge on any atom is 0.402 e. The molecule has 9 heteroatoms. The molecular formula is C9H21N3O6. The summed E-state index contributed by atoms with van der Waals surface area (Å²) in [6, 6.07) is -0.713. The van der Waals surface area contributed by atoms with E-state index in [1.54, 1.807) is 13.8 Å². The topological polar surface area (TPSA) is 190 Å². The van der Waals surface area contributed by atoms with Gasteiger partial charge in [0.1, 0.15) is 6.04 Å². The molecule has 9 nitrogen and oxygen atoms in total. The van der Waals surface area contributed by atoms with Gasteiger partial charge in [-0.15, -0.1) is 0 Å². The zero-order valence-corrected chi connectivity index (χ0v) is 10.4. The second-order valence-corrected chi connectivity index (χ2v) is 3.38. The van der Waals surface area contributed by atoms with E-state index in [0.29, 0.717) is 0 Å². The van der Waals surface area contributed by atoms with E-state index in [9.17, 15) is 9.59 Å². The van der Waals surface area contributed by atoms with Crippen LogP contribution in [0, 0.1) is 5.92 Å². The summed E-state index contributed by atoms with van der Waals surface area (Å²) in [5.74, 6) is -1.75. The zero-order valence-electron chi connectivity index (χ0n) is 10.4. The van der Waals surface area contributed by atoms with Gasteiger partial charge < -0.3 is 32.5 Å². The molecule has 108 valence electrons. The summed E-state index contributed by atoms with van der Waals surface area (Å²) in [4.78, 5) is 28.3. The summed E-state index contributed by atoms with van der Waals surface area (Å²) in [6.07, 6.45) is -1.26. The van der Waals surface area contributed by atoms with Gasteiger partial charge in [0.15, 0.2) is 0 Å². The molecule has 0 aliphatic carbocycles. The lowest BCUT2D eigenvalue weighted by molar-refractivity contribution is -0.139. The molecule has 0 aliphatic rings. The van der Waals surface area contributed by atoms with Crippen LogP contribution in [0.2, 0.25) is 0 Å². The standard InChI is InChI=1S/C5H11NO2.C3H7NO2.CH3NO2/c1-3(2)4(6)5(7)8;4-2-1-3(5)6;2-1(3)4/h3-4H,6H2,1-2H3,(H,7,8);1-2,4H2,(H,5,6);2H2,(H,3,4)/t4-;;/m0../s1. The third-order valence-electron chi connectivity index (χ3n) is 1.36. The highest BCUT2D eigenvalue weighted by Gasteiger charge is 2.14. The fourth-order valence-corrected chi connectivity index (χ4v) is 0.409. The fourth-order valence-electron chi connectivity index (χ4n) is 0.409. The lowest BCUT2D eigenvalue weighted by atomic mass is 10.1. The van der Waals surface area contributed by atoms with Crippen molar-refractivity contribution in [3.8, 4) is 0 Å². The van der Waals surface area contributed by atoms with Crippen LogP contribution in [0.5, 0.6) is 0 Å². The van der Waals surface area contributed by atoms with Crippen molar-refractivity contribution in [1.29, 1.82) is 0 Å². The van der Waals surface area contributed by atoms with Gasteiger partial charge in [-0.05, 0) is 5.92 Å². The van der Waals surface area contributed by atoms with Crippen LogP contribution >= 0.6 is 0 Å². The molecule has 0 aromatic carbocycles. The molecule has 0 unspecified atom stereocenters. The second kappa shape index (κ2) is 13.2. The van der Waals surface area contributed by atoms with E-state index in [4.69, 9.17) is 31.6 Å². The van der Waals surface area contributed by atoms with Gasteiger partial charge in [-0.25, -0.2) is 4.79 Å². The van der Waals surface area contributed by atoms with Crippen molar-refractivity contribution in [2.75, 3.05) is 6.54 Å². The Bertz CT molecular complexity index is 253. The Morgan fingerprint density at radius 3 is 1.44 bits per heavy atom. The Labute approximate surface area is 105 Å². The van der Waals surface area contributed by atoms with Crippen molar-refractivity contribution >= 4 is 18.0 Å². The lowest BCUT2D eigenvalue weighted by Gasteiger charge is -2.07. The quantitative estimate of drug-likeness (QED) is 0.377. The first-order valence-corrected chi connectivity index (χ1v) is 4.94. The number of nitrogens with two attached hydrogens (primary N) is 3. The van der Waals surface area contributed by atoms with Gasteiger partial charge in [-0.2, -0.15) is 0 Å². The molecule has 0 aliphatic heterocycles. The molecule has 0 fully saturated rings. The molecule has 0 heterocycles. The molecular weight excluding hydrogens is 246 g/mol. The summed E-state index contributed by atoms with van der Waals surface area (Å²) in [7, 11) is 0. The normalized spacial score (nSPS) is 10.3. The van der Waals surface area contributed by atoms with Crippen LogP contribution in [0.3, 0.4) is 0 Å². The van der Waals surface area contributed by atoms with Gasteiger partial charge in [0.25, 0.3) is 0 Å². The van der Waals surface area contributed by atoms with Crippen LogP contribution in [0.1, 0.15) is 20.3 Å². The van der Waals surface area contributed by atoms with Gasteiger partial charge in [0.2, 0.25) is 0 Å². The Balaban J connectivity index is -0.000000200. The summed E-state index contributed by atoms with van der Waals surface area (Å²) >= 11 is 0. The van der Waals surface area contributed by atoms with E-state index in [2.05, 4.69) is 5.73 Å². The Morgan fingerprint density at radius 2 is 1.44 bits per heavy atom. The highest BCUT2D eigenvalue weighted by molar-refractivity contribution is 5.73. The van der Waals surface area contributed by atoms with Gasteiger partial charge in [-0.3, -0.25) is 9.59 Å². The predicted octanol–water partition coefficient (Wildman–Crippen LogP) is -0.903. The number of hydrogen-bond donors (Lipinski definition) is 6. The minimum atomic E-state index is -1.33. The van der Waals surface area contributed by atoms with Gasteiger partial charge in [0.05, 0.1) is 6.42 Å². The number of primary amides is 1. The van der Waals surface area contributed by atoms with Gasteiger partial charge in [-0.1, -0.05) is 13.8 Å². The third kappa shape index (κ3) is 29.2. The Kier molecular flexibility index (Phi) is 15.7. The monoisotopic (exact) mass is 267 g/mol. The number of rotatable bonds is 4. The van der Waals surface area contributed by atoms with Crippen LogP contribution in [-0.2, 0) is 9.59 Å². The van der Waals surface area contributed by atoms with Crippen molar-refractivity contribution in [3.63, 3.8) is 0 Å². The summed E-state index contributed by atoms with van der Waals surface area (Å²) in [6.45, 7) is 3.78. The molecule has 1 atom stereocenters. The fraction of sp³-hybridized carbons (Fsp3) is 0.667. The van der Waals surface area contributed by atoms with E-state index >= 15 is 0 Å². The first-order chi connectivity index (χ1) is 8.06. The van der Waals surface area contributed by atoms with Crippen LogP contribution in [-0.4, -0.2) is 45.9 Å². The molecule has 0 aromatic rings. The largest absolute Gasteiger partial charge is 0.481 e. The first kappa shape index (κ1) is 21.4. The third-order valence-corrected chi connectivity index (χ3v) is 1.36. The highest BCUT2D eigenvalue weighted by Crippen LogP contribution is 1.96. The van der Waals surface area contributed by atoms with E-state index in [1.165, 1.54) is 0 Å². The lowest BCUT2D eigenvalue weighted by Crippen LogP contribution is -2.34. The molecule has 9 N–H and O–H groups in total. The SMILES string of the molecule is CC(C)[C@H](N)C(=O)O.NC(=O)O.NCCC(=O)O. The highest BCUT2D eigenvalue weighted by atomic mass is 16.4. The average Bonchev–Trinajstić information content (AvgIpc) is 2.15. The predicted molar refractivity (Wildman–Crippen MR) is 64.0 cm³/mol. The number of amides is 1. The maximum absolute atomic E-state index is 10.0. The van der Waals surface area contributed by atoms with Crippen molar-refractivity contribution < 1.29 is 29.7 Å². The molecule has 0 aromatic heterocycles. The first-order valence-electron chi connectivity index (χ1n) is 4.94. The van der Waals surface area contributed by atoms with Crippen LogP contribution < -0.4 is 17.2 Å². The van der Waals surface area contributed by atoms with E-state index in [0.717, 1.165) is 0 Å². The molecule has 0 radical (unpaired) electrons. The molecule has 0 bridgehead atoms. The van der Waals surface area contributed by atoms with Crippen molar-refractivity contribution in [2.45, 2.75) is 26.3 Å². The second-order valence-electron chi connectivity index (χ2n) is 3.38. The van der Waals surface area contributed by atoms with Crippen molar-refractivity contribution in [2.24, 2.45) is 23.1 Å². The minimum Gasteiger partial charge on any atom is -0.481 e. The number of carboxylic acid groups (broad SMARTS) is 3. The van der Waals surface area contributed by atoms with Crippen molar-refractivity contribution in [1.82, 2.24) is 0 Å². The van der Waals surface area contributed by atoms with E-state index < -0.39 is 24.1 Å². The summed E-state index contributed by atoms with van der Waals surface area (Å²) in [5, 5.41) is 23.3. The Hall–Kier alpha value is -1.87. The van der Waals surface area contributed by atoms with Crippen molar-refractivity contribution in [3.05, 3.63) is 0 Å². The van der Waals surface area contributed by atoms with Gasteiger partial charge >= 0.3 is 18.0 Å². The van der Waals surface area contributed by atoms with Crippen LogP contribution in [0.15, 0.2) is 0 Å². The molecule has 18 heavy (non-hydrogen) atoms. The average molecular weight is 267 g/mol. The number of carbonyl (C=O) groups is 3. The summed E-state index contributed by atoms with van der Waals surface area (Å²) in [5.41, 5.74) is 14.0. The van der Waals surface area contributed by atoms with E-state index in [1.807, 2.05) is 0 Å². The molecule has 0 saturated heterocycles. The van der Waals surface area contributed by atoms with Crippen LogP contribution in [0.25, 0.3) is 0 Å². The van der Waals surface area contributed by atoms with E-state index in [-0.39, 0.29) is 18.9 Å². The Morgan fingerprint density at radius 1 is 1.11 bits per heavy atom. The van der Waals surface area contributed by atoms with Crippen LogP contribution in [0.4, 0.5) is 4.79 Å². The number of carboxylic acids is 2. The zero-order chi connectivity index (χ0) is 15.3. The smallest absolute Gasteiger partial charge is 0.402 e. The molecule has 0 spiro atoms. The number of aliphatic carboxylic acids is 2. The van der Waals surface area contributed by atoms with Gasteiger partial charge in [0, 0.05) is 6.54 Å². The summed E-state index contributed by atoms with van der Waals surface area (Å²) < 4.78 is 0. The minimum absolute atomic E-state index is 0.0208. The number of hydrogen-bond acceptors (Lipinski definition) is 5. The maximum atomic E-state index is 10.0.